The summed E-state index contributed by atoms with van der Waals surface area (Å²) in [4.78, 5) is 13.2. The molecule has 0 aromatic heterocycles. The van der Waals surface area contributed by atoms with E-state index in [-0.39, 0.29) is 6.61 Å². The molecule has 0 atom stereocenters. The molecule has 3 N–H and O–H groups in total. The predicted octanol–water partition coefficient (Wildman–Crippen LogP) is 1.79. The van der Waals surface area contributed by atoms with E-state index in [0.29, 0.717) is 25.2 Å². The normalized spacial score (nSPS) is 10.7. The number of benzene rings is 2. The van der Waals surface area contributed by atoms with Crippen LogP contribution in [-0.4, -0.2) is 36.2 Å². The van der Waals surface area contributed by atoms with E-state index in [1.807, 2.05) is 36.4 Å². The number of ether oxygens (including phenoxy) is 1. The molecule has 5 heteroatoms. The second kappa shape index (κ2) is 8.31. The Morgan fingerprint density at radius 2 is 1.83 bits per heavy atom. The fourth-order valence-corrected chi connectivity index (χ4v) is 2.46. The number of aliphatic hydroxyl groups excluding tert-OH is 1. The quantitative estimate of drug-likeness (QED) is 0.779. The zero-order valence-electron chi connectivity index (χ0n) is 13.2. The lowest BCUT2D eigenvalue weighted by Gasteiger charge is -2.22. The summed E-state index contributed by atoms with van der Waals surface area (Å²) in [5.41, 5.74) is 7.86. The highest BCUT2D eigenvalue weighted by Crippen LogP contribution is 2.20. The van der Waals surface area contributed by atoms with Crippen molar-refractivity contribution < 1.29 is 14.6 Å². The molecular weight excluding hydrogens is 292 g/mol. The number of nitrogens with zero attached hydrogens (tertiary/aromatic N) is 1. The number of rotatable bonds is 8. The standard InChI is InChI=1S/C18H22N2O3/c1-23-17-5-3-2-4-16(17)13-20(10-11-21)12-14-6-8-15(9-7-14)18(19)22/h2-9,21H,10-13H2,1H3,(H2,19,22). The third kappa shape index (κ3) is 4.81. The van der Waals surface area contributed by atoms with Crippen LogP contribution in [0.5, 0.6) is 5.75 Å². The molecule has 2 aromatic rings. The van der Waals surface area contributed by atoms with E-state index in [0.717, 1.165) is 16.9 Å². The van der Waals surface area contributed by atoms with Crippen LogP contribution in [0.15, 0.2) is 48.5 Å². The van der Waals surface area contributed by atoms with E-state index in [1.54, 1.807) is 19.2 Å². The van der Waals surface area contributed by atoms with E-state index in [9.17, 15) is 9.90 Å². The minimum Gasteiger partial charge on any atom is -0.496 e. The third-order valence-corrected chi connectivity index (χ3v) is 3.65. The number of hydrogen-bond acceptors (Lipinski definition) is 4. The zero-order chi connectivity index (χ0) is 16.7. The lowest BCUT2D eigenvalue weighted by molar-refractivity contribution is 0.100. The van der Waals surface area contributed by atoms with Gasteiger partial charge in [0.05, 0.1) is 13.7 Å². The van der Waals surface area contributed by atoms with Crippen LogP contribution >= 0.6 is 0 Å². The van der Waals surface area contributed by atoms with E-state index >= 15 is 0 Å². The number of aliphatic hydroxyl groups is 1. The Labute approximate surface area is 136 Å². The van der Waals surface area contributed by atoms with Crippen molar-refractivity contribution in [1.29, 1.82) is 0 Å². The topological polar surface area (TPSA) is 75.8 Å². The van der Waals surface area contributed by atoms with Crippen LogP contribution in [0, 0.1) is 0 Å². The van der Waals surface area contributed by atoms with Crippen LogP contribution < -0.4 is 10.5 Å². The fraction of sp³-hybridized carbons (Fsp3) is 0.278. The highest BCUT2D eigenvalue weighted by atomic mass is 16.5. The van der Waals surface area contributed by atoms with Crippen molar-refractivity contribution in [3.8, 4) is 5.75 Å². The molecule has 23 heavy (non-hydrogen) atoms. The molecular formula is C18H22N2O3. The molecule has 0 spiro atoms. The molecule has 0 radical (unpaired) electrons. The molecule has 2 rings (SSSR count). The summed E-state index contributed by atoms with van der Waals surface area (Å²) in [5, 5.41) is 9.30. The number of hydrogen-bond donors (Lipinski definition) is 2. The average molecular weight is 314 g/mol. The third-order valence-electron chi connectivity index (χ3n) is 3.65. The van der Waals surface area contributed by atoms with Gasteiger partial charge < -0.3 is 15.6 Å². The van der Waals surface area contributed by atoms with Gasteiger partial charge in [0.1, 0.15) is 5.75 Å². The van der Waals surface area contributed by atoms with Crippen molar-refractivity contribution in [2.45, 2.75) is 13.1 Å². The number of nitrogens with two attached hydrogens (primary N) is 1. The van der Waals surface area contributed by atoms with Crippen LogP contribution in [0.2, 0.25) is 0 Å². The minimum absolute atomic E-state index is 0.0779. The van der Waals surface area contributed by atoms with Gasteiger partial charge in [0.25, 0.3) is 0 Å². The van der Waals surface area contributed by atoms with Crippen molar-refractivity contribution in [3.63, 3.8) is 0 Å². The van der Waals surface area contributed by atoms with E-state index in [4.69, 9.17) is 10.5 Å². The highest BCUT2D eigenvalue weighted by Gasteiger charge is 2.10. The van der Waals surface area contributed by atoms with Gasteiger partial charge in [0.15, 0.2) is 0 Å². The van der Waals surface area contributed by atoms with Gasteiger partial charge in [-0.3, -0.25) is 9.69 Å². The maximum Gasteiger partial charge on any atom is 0.248 e. The monoisotopic (exact) mass is 314 g/mol. The Balaban J connectivity index is 2.10. The maximum absolute atomic E-state index is 11.1. The van der Waals surface area contributed by atoms with Crippen LogP contribution in [0.4, 0.5) is 0 Å². The summed E-state index contributed by atoms with van der Waals surface area (Å²) >= 11 is 0. The van der Waals surface area contributed by atoms with Gasteiger partial charge in [-0.2, -0.15) is 0 Å². The molecule has 122 valence electrons. The smallest absolute Gasteiger partial charge is 0.248 e. The summed E-state index contributed by atoms with van der Waals surface area (Å²) in [6.45, 7) is 1.96. The lowest BCUT2D eigenvalue weighted by atomic mass is 10.1. The Morgan fingerprint density at radius 1 is 1.13 bits per heavy atom. The summed E-state index contributed by atoms with van der Waals surface area (Å²) in [6, 6.07) is 15.0. The van der Waals surface area contributed by atoms with Gasteiger partial charge in [-0.25, -0.2) is 0 Å². The summed E-state index contributed by atoms with van der Waals surface area (Å²) in [7, 11) is 1.65. The molecule has 0 aliphatic rings. The van der Waals surface area contributed by atoms with Crippen LogP contribution in [0.3, 0.4) is 0 Å². The molecule has 2 aromatic carbocycles. The highest BCUT2D eigenvalue weighted by molar-refractivity contribution is 5.92. The number of methoxy groups -OCH3 is 1. The van der Waals surface area contributed by atoms with Gasteiger partial charge in [0.2, 0.25) is 5.91 Å². The van der Waals surface area contributed by atoms with Crippen molar-refractivity contribution >= 4 is 5.91 Å². The van der Waals surface area contributed by atoms with Crippen LogP contribution in [0.1, 0.15) is 21.5 Å². The first kappa shape index (κ1) is 17.0. The Kier molecular flexibility index (Phi) is 6.14. The molecule has 0 aliphatic heterocycles. The number of para-hydroxylation sites is 1. The zero-order valence-corrected chi connectivity index (χ0v) is 13.2. The number of carbonyl (C=O) groups excluding carboxylic acids is 1. The number of carbonyl (C=O) groups is 1. The van der Waals surface area contributed by atoms with E-state index < -0.39 is 5.91 Å². The SMILES string of the molecule is COc1ccccc1CN(CCO)Cc1ccc(C(N)=O)cc1. The van der Waals surface area contributed by atoms with Gasteiger partial charge in [-0.1, -0.05) is 30.3 Å². The van der Waals surface area contributed by atoms with E-state index in [2.05, 4.69) is 4.90 Å². The average Bonchev–Trinajstić information content (AvgIpc) is 2.56. The van der Waals surface area contributed by atoms with Gasteiger partial charge >= 0.3 is 0 Å². The molecule has 0 fully saturated rings. The van der Waals surface area contributed by atoms with Gasteiger partial charge in [0, 0.05) is 30.8 Å². The van der Waals surface area contributed by atoms with Crippen molar-refractivity contribution in [1.82, 2.24) is 4.90 Å². The summed E-state index contributed by atoms with van der Waals surface area (Å²) in [5.74, 6) is 0.400. The van der Waals surface area contributed by atoms with Crippen molar-refractivity contribution in [3.05, 3.63) is 65.2 Å². The largest absolute Gasteiger partial charge is 0.496 e. The molecule has 0 unspecified atom stereocenters. The molecule has 0 saturated heterocycles. The molecule has 0 saturated carbocycles. The molecule has 0 bridgehead atoms. The summed E-state index contributed by atoms with van der Waals surface area (Å²) < 4.78 is 5.38. The van der Waals surface area contributed by atoms with E-state index in [1.165, 1.54) is 0 Å². The van der Waals surface area contributed by atoms with Crippen LogP contribution in [0.25, 0.3) is 0 Å². The Bertz CT molecular complexity index is 641. The lowest BCUT2D eigenvalue weighted by Crippen LogP contribution is -2.26. The first-order valence-corrected chi connectivity index (χ1v) is 7.48. The molecule has 0 aliphatic carbocycles. The Hall–Kier alpha value is -2.37. The van der Waals surface area contributed by atoms with Gasteiger partial charge in [-0.15, -0.1) is 0 Å². The van der Waals surface area contributed by atoms with Crippen molar-refractivity contribution in [2.24, 2.45) is 5.73 Å². The number of primary amides is 1. The molecule has 1 amide bonds. The fourth-order valence-electron chi connectivity index (χ4n) is 2.46. The minimum atomic E-state index is -0.433. The predicted molar refractivity (Wildman–Crippen MR) is 89.2 cm³/mol. The van der Waals surface area contributed by atoms with Crippen molar-refractivity contribution in [2.75, 3.05) is 20.3 Å². The molecule has 0 heterocycles. The first-order valence-electron chi connectivity index (χ1n) is 7.48. The Morgan fingerprint density at radius 3 is 2.43 bits per heavy atom. The van der Waals surface area contributed by atoms with Gasteiger partial charge in [-0.05, 0) is 23.8 Å². The second-order valence-corrected chi connectivity index (χ2v) is 5.31. The second-order valence-electron chi connectivity index (χ2n) is 5.31. The first-order chi connectivity index (χ1) is 11.1. The molecule has 5 nitrogen and oxygen atoms in total. The summed E-state index contributed by atoms with van der Waals surface area (Å²) in [6.07, 6.45) is 0. The maximum atomic E-state index is 11.1. The number of amides is 1. The van der Waals surface area contributed by atoms with Crippen LogP contribution in [-0.2, 0) is 13.1 Å².